The Hall–Kier alpha value is -3.37. The predicted molar refractivity (Wildman–Crippen MR) is 113 cm³/mol. The zero-order chi connectivity index (χ0) is 22.1. The molecule has 0 radical (unpaired) electrons. The van der Waals surface area contributed by atoms with Gasteiger partial charge in [-0.25, -0.2) is 4.79 Å². The first-order chi connectivity index (χ1) is 14.3. The maximum atomic E-state index is 12.5. The van der Waals surface area contributed by atoms with Gasteiger partial charge < -0.3 is 15.4 Å². The van der Waals surface area contributed by atoms with Gasteiger partial charge in [0.15, 0.2) is 6.61 Å². The number of esters is 1. The summed E-state index contributed by atoms with van der Waals surface area (Å²) in [7, 11) is 0. The van der Waals surface area contributed by atoms with Gasteiger partial charge in [0.05, 0.1) is 11.6 Å². The van der Waals surface area contributed by atoms with Crippen molar-refractivity contribution in [2.75, 3.05) is 11.9 Å². The van der Waals surface area contributed by atoms with E-state index in [1.807, 2.05) is 19.9 Å². The molecule has 0 spiro atoms. The van der Waals surface area contributed by atoms with Gasteiger partial charge >= 0.3 is 5.97 Å². The van der Waals surface area contributed by atoms with E-state index in [1.165, 1.54) is 0 Å². The number of nitriles is 1. The van der Waals surface area contributed by atoms with Gasteiger partial charge in [0.1, 0.15) is 6.04 Å². The van der Waals surface area contributed by atoms with Crippen LogP contribution in [0.5, 0.6) is 0 Å². The van der Waals surface area contributed by atoms with Gasteiger partial charge in [0, 0.05) is 16.3 Å². The molecular weight excluding hydrogens is 406 g/mol. The number of hydrogen-bond acceptors (Lipinski definition) is 5. The van der Waals surface area contributed by atoms with E-state index in [0.717, 1.165) is 0 Å². The molecule has 156 valence electrons. The predicted octanol–water partition coefficient (Wildman–Crippen LogP) is 3.54. The van der Waals surface area contributed by atoms with Gasteiger partial charge in [-0.2, -0.15) is 5.26 Å². The van der Waals surface area contributed by atoms with Crippen LogP contribution in [-0.4, -0.2) is 30.4 Å². The van der Waals surface area contributed by atoms with Crippen molar-refractivity contribution in [1.82, 2.24) is 5.32 Å². The number of benzene rings is 2. The van der Waals surface area contributed by atoms with Crippen LogP contribution in [0.25, 0.3) is 0 Å². The first-order valence-corrected chi connectivity index (χ1v) is 9.69. The molecule has 0 heterocycles. The van der Waals surface area contributed by atoms with E-state index in [2.05, 4.69) is 10.6 Å². The minimum absolute atomic E-state index is 0.112. The van der Waals surface area contributed by atoms with E-state index < -0.39 is 30.4 Å². The second-order valence-corrected chi connectivity index (χ2v) is 7.44. The van der Waals surface area contributed by atoms with Crippen LogP contribution in [0.15, 0.2) is 48.5 Å². The molecule has 1 atom stereocenters. The van der Waals surface area contributed by atoms with Crippen LogP contribution in [0.1, 0.15) is 36.2 Å². The smallest absolute Gasteiger partial charge is 0.329 e. The number of carbonyl (C=O) groups excluding carboxylic acids is 3. The lowest BCUT2D eigenvalue weighted by molar-refractivity contribution is -0.149. The number of nitrogens with one attached hydrogen (secondary N) is 2. The highest BCUT2D eigenvalue weighted by atomic mass is 35.5. The largest absolute Gasteiger partial charge is 0.454 e. The Kier molecular flexibility index (Phi) is 8.39. The van der Waals surface area contributed by atoms with Gasteiger partial charge in [-0.15, -0.1) is 0 Å². The van der Waals surface area contributed by atoms with Gasteiger partial charge in [0.25, 0.3) is 11.8 Å². The van der Waals surface area contributed by atoms with Gasteiger partial charge in [0.2, 0.25) is 0 Å². The second kappa shape index (κ2) is 11.0. The standard InChI is InChI=1S/C22H22ClN3O4/c1-14(2)11-19(26-21(28)16-5-7-17(23)8-6-16)22(29)30-13-20(27)25-18-9-3-15(12-24)4-10-18/h3-10,14,19H,11,13H2,1-2H3,(H,25,27)(H,26,28)/t19-/m1/s1. The molecule has 30 heavy (non-hydrogen) atoms. The maximum absolute atomic E-state index is 12.5. The number of carbonyl (C=O) groups is 3. The topological polar surface area (TPSA) is 108 Å². The zero-order valence-electron chi connectivity index (χ0n) is 16.6. The Morgan fingerprint density at radius 1 is 1.07 bits per heavy atom. The Bertz CT molecular complexity index is 934. The summed E-state index contributed by atoms with van der Waals surface area (Å²) in [6.45, 7) is 3.32. The molecule has 7 nitrogen and oxygen atoms in total. The molecule has 0 aliphatic heterocycles. The van der Waals surface area contributed by atoms with E-state index in [1.54, 1.807) is 48.5 Å². The highest BCUT2D eigenvalue weighted by molar-refractivity contribution is 6.30. The van der Waals surface area contributed by atoms with Crippen molar-refractivity contribution in [1.29, 1.82) is 5.26 Å². The fourth-order valence-corrected chi connectivity index (χ4v) is 2.72. The molecule has 0 fully saturated rings. The summed E-state index contributed by atoms with van der Waals surface area (Å²) in [6, 6.07) is 13.6. The number of hydrogen-bond donors (Lipinski definition) is 2. The van der Waals surface area contributed by atoms with Crippen molar-refractivity contribution >= 4 is 35.1 Å². The van der Waals surface area contributed by atoms with Gasteiger partial charge in [-0.1, -0.05) is 25.4 Å². The Labute approximate surface area is 180 Å². The monoisotopic (exact) mass is 427 g/mol. The Morgan fingerprint density at radius 3 is 2.27 bits per heavy atom. The van der Waals surface area contributed by atoms with Crippen LogP contribution >= 0.6 is 11.6 Å². The van der Waals surface area contributed by atoms with Crippen molar-refractivity contribution in [2.45, 2.75) is 26.3 Å². The molecule has 0 aliphatic rings. The van der Waals surface area contributed by atoms with Crippen molar-refractivity contribution in [3.05, 3.63) is 64.7 Å². The van der Waals surface area contributed by atoms with Crippen LogP contribution in [0.3, 0.4) is 0 Å². The van der Waals surface area contributed by atoms with E-state index in [-0.39, 0.29) is 5.92 Å². The SMILES string of the molecule is CC(C)C[C@@H](NC(=O)c1ccc(Cl)cc1)C(=O)OCC(=O)Nc1ccc(C#N)cc1. The molecule has 2 aromatic rings. The summed E-state index contributed by atoms with van der Waals surface area (Å²) >= 11 is 5.83. The molecule has 0 saturated carbocycles. The molecule has 0 aliphatic carbocycles. The third-order valence-corrected chi connectivity index (χ3v) is 4.30. The normalized spacial score (nSPS) is 11.3. The fraction of sp³-hybridized carbons (Fsp3) is 0.273. The van der Waals surface area contributed by atoms with E-state index in [4.69, 9.17) is 21.6 Å². The summed E-state index contributed by atoms with van der Waals surface area (Å²) in [5.41, 5.74) is 1.30. The fourth-order valence-electron chi connectivity index (χ4n) is 2.59. The Balaban J connectivity index is 1.93. The lowest BCUT2D eigenvalue weighted by atomic mass is 10.0. The molecule has 0 bridgehead atoms. The average molecular weight is 428 g/mol. The van der Waals surface area contributed by atoms with E-state index >= 15 is 0 Å². The van der Waals surface area contributed by atoms with Crippen LogP contribution in [0.2, 0.25) is 5.02 Å². The average Bonchev–Trinajstić information content (AvgIpc) is 2.72. The van der Waals surface area contributed by atoms with Gasteiger partial charge in [-0.05, 0) is 60.9 Å². The number of halogens is 1. The van der Waals surface area contributed by atoms with Gasteiger partial charge in [-0.3, -0.25) is 9.59 Å². The molecule has 0 unspecified atom stereocenters. The summed E-state index contributed by atoms with van der Waals surface area (Å²) in [6.07, 6.45) is 0.357. The summed E-state index contributed by atoms with van der Waals surface area (Å²) in [4.78, 5) is 36.9. The lowest BCUT2D eigenvalue weighted by Gasteiger charge is -2.19. The summed E-state index contributed by atoms with van der Waals surface area (Å²) < 4.78 is 5.10. The highest BCUT2D eigenvalue weighted by Crippen LogP contribution is 2.12. The van der Waals surface area contributed by atoms with Crippen molar-refractivity contribution in [3.8, 4) is 6.07 Å². The first-order valence-electron chi connectivity index (χ1n) is 9.31. The van der Waals surface area contributed by atoms with Crippen molar-refractivity contribution < 1.29 is 19.1 Å². The summed E-state index contributed by atoms with van der Waals surface area (Å²) in [5.74, 6) is -1.54. The molecule has 0 saturated heterocycles. The van der Waals surface area contributed by atoms with Crippen molar-refractivity contribution in [3.63, 3.8) is 0 Å². The lowest BCUT2D eigenvalue weighted by Crippen LogP contribution is -2.43. The summed E-state index contributed by atoms with van der Waals surface area (Å²) in [5, 5.41) is 14.5. The third kappa shape index (κ3) is 7.22. The van der Waals surface area contributed by atoms with E-state index in [0.29, 0.717) is 28.3 Å². The molecule has 2 N–H and O–H groups in total. The molecule has 2 aromatic carbocycles. The number of amides is 2. The van der Waals surface area contributed by atoms with E-state index in [9.17, 15) is 14.4 Å². The minimum atomic E-state index is -0.893. The molecular formula is C22H22ClN3O4. The number of ether oxygens (including phenoxy) is 1. The first kappa shape index (κ1) is 22.9. The highest BCUT2D eigenvalue weighted by Gasteiger charge is 2.24. The Morgan fingerprint density at radius 2 is 1.70 bits per heavy atom. The zero-order valence-corrected chi connectivity index (χ0v) is 17.4. The number of anilines is 1. The maximum Gasteiger partial charge on any atom is 0.329 e. The molecule has 0 aromatic heterocycles. The number of nitrogens with zero attached hydrogens (tertiary/aromatic N) is 1. The minimum Gasteiger partial charge on any atom is -0.454 e. The quantitative estimate of drug-likeness (QED) is 0.626. The second-order valence-electron chi connectivity index (χ2n) is 7.01. The third-order valence-electron chi connectivity index (χ3n) is 4.05. The van der Waals surface area contributed by atoms with Crippen LogP contribution < -0.4 is 10.6 Å². The molecule has 8 heteroatoms. The van der Waals surface area contributed by atoms with Crippen molar-refractivity contribution in [2.24, 2.45) is 5.92 Å². The van der Waals surface area contributed by atoms with Crippen LogP contribution in [0, 0.1) is 17.2 Å². The van der Waals surface area contributed by atoms with Crippen LogP contribution in [-0.2, 0) is 14.3 Å². The molecule has 2 rings (SSSR count). The van der Waals surface area contributed by atoms with Crippen LogP contribution in [0.4, 0.5) is 5.69 Å². The number of rotatable bonds is 8. The molecule has 2 amide bonds.